The van der Waals surface area contributed by atoms with E-state index in [2.05, 4.69) is 6.92 Å². The van der Waals surface area contributed by atoms with Gasteiger partial charge >= 0.3 is 0 Å². The van der Waals surface area contributed by atoms with Crippen molar-refractivity contribution in [1.29, 1.82) is 0 Å². The van der Waals surface area contributed by atoms with Crippen LogP contribution in [0, 0.1) is 5.92 Å². The highest BCUT2D eigenvalue weighted by Crippen LogP contribution is 2.29. The summed E-state index contributed by atoms with van der Waals surface area (Å²) in [6.45, 7) is 2.22. The van der Waals surface area contributed by atoms with Crippen LogP contribution in [0.25, 0.3) is 0 Å². The van der Waals surface area contributed by atoms with Crippen LogP contribution in [0.3, 0.4) is 0 Å². The molecule has 0 heterocycles. The molecule has 1 aliphatic rings. The zero-order valence-corrected chi connectivity index (χ0v) is 8.20. The molecule has 0 bridgehead atoms. The Labute approximate surface area is 74.1 Å². The molecule has 0 aromatic rings. The van der Waals surface area contributed by atoms with Gasteiger partial charge in [0, 0.05) is 11.8 Å². The van der Waals surface area contributed by atoms with Crippen molar-refractivity contribution in [2.24, 2.45) is 11.7 Å². The molecule has 2 heteroatoms. The van der Waals surface area contributed by atoms with Gasteiger partial charge in [-0.2, -0.15) is 11.8 Å². The fraction of sp³-hybridized carbons (Fsp3) is 1.00. The highest BCUT2D eigenvalue weighted by atomic mass is 32.2. The SMILES string of the molecule is CCCSCC(N)C1CCC1. The first-order valence-electron chi connectivity index (χ1n) is 4.68. The Balaban J connectivity index is 1.96. The Kier molecular flexibility index (Phi) is 4.31. The van der Waals surface area contributed by atoms with Gasteiger partial charge in [0.05, 0.1) is 0 Å². The van der Waals surface area contributed by atoms with Crippen molar-refractivity contribution in [3.63, 3.8) is 0 Å². The van der Waals surface area contributed by atoms with Gasteiger partial charge < -0.3 is 5.73 Å². The van der Waals surface area contributed by atoms with Crippen LogP contribution in [0.1, 0.15) is 32.6 Å². The molecule has 1 saturated carbocycles. The summed E-state index contributed by atoms with van der Waals surface area (Å²) in [5.74, 6) is 3.32. The molecule has 1 aliphatic carbocycles. The molecular weight excluding hydrogens is 154 g/mol. The average molecular weight is 173 g/mol. The van der Waals surface area contributed by atoms with Gasteiger partial charge in [-0.3, -0.25) is 0 Å². The first kappa shape index (κ1) is 9.40. The maximum Gasteiger partial charge on any atom is 0.0158 e. The summed E-state index contributed by atoms with van der Waals surface area (Å²) in [5.41, 5.74) is 6.00. The van der Waals surface area contributed by atoms with Gasteiger partial charge in [0.25, 0.3) is 0 Å². The third-order valence-corrected chi connectivity index (χ3v) is 3.73. The molecule has 0 radical (unpaired) electrons. The third kappa shape index (κ3) is 3.04. The number of hydrogen-bond donors (Lipinski definition) is 1. The highest BCUT2D eigenvalue weighted by molar-refractivity contribution is 7.99. The third-order valence-electron chi connectivity index (χ3n) is 2.41. The fourth-order valence-corrected chi connectivity index (χ4v) is 2.37. The second-order valence-corrected chi connectivity index (χ2v) is 4.58. The Bertz CT molecular complexity index is 102. The predicted molar refractivity (Wildman–Crippen MR) is 52.9 cm³/mol. The van der Waals surface area contributed by atoms with Crippen LogP contribution in [0.5, 0.6) is 0 Å². The summed E-state index contributed by atoms with van der Waals surface area (Å²) >= 11 is 2.01. The molecule has 1 nitrogen and oxygen atoms in total. The van der Waals surface area contributed by atoms with E-state index in [4.69, 9.17) is 5.73 Å². The lowest BCUT2D eigenvalue weighted by Gasteiger charge is -2.30. The van der Waals surface area contributed by atoms with E-state index in [0.29, 0.717) is 6.04 Å². The summed E-state index contributed by atoms with van der Waals surface area (Å²) in [6, 6.07) is 0.486. The van der Waals surface area contributed by atoms with E-state index in [1.807, 2.05) is 11.8 Å². The molecule has 0 aromatic carbocycles. The molecule has 0 aromatic heterocycles. The second kappa shape index (κ2) is 5.04. The predicted octanol–water partition coefficient (Wildman–Crippen LogP) is 2.26. The average Bonchev–Trinajstić information content (AvgIpc) is 1.84. The summed E-state index contributed by atoms with van der Waals surface area (Å²) < 4.78 is 0. The van der Waals surface area contributed by atoms with E-state index in [9.17, 15) is 0 Å². The van der Waals surface area contributed by atoms with Gasteiger partial charge in [0.15, 0.2) is 0 Å². The van der Waals surface area contributed by atoms with E-state index in [1.165, 1.54) is 37.2 Å². The highest BCUT2D eigenvalue weighted by Gasteiger charge is 2.23. The van der Waals surface area contributed by atoms with Crippen LogP contribution in [0.4, 0.5) is 0 Å². The van der Waals surface area contributed by atoms with Gasteiger partial charge in [-0.05, 0) is 30.9 Å². The summed E-state index contributed by atoms with van der Waals surface area (Å²) in [4.78, 5) is 0. The molecule has 0 aliphatic heterocycles. The van der Waals surface area contributed by atoms with Gasteiger partial charge in [-0.15, -0.1) is 0 Å². The van der Waals surface area contributed by atoms with E-state index in [1.54, 1.807) is 0 Å². The van der Waals surface area contributed by atoms with Crippen molar-refractivity contribution >= 4 is 11.8 Å². The van der Waals surface area contributed by atoms with Crippen molar-refractivity contribution in [2.75, 3.05) is 11.5 Å². The van der Waals surface area contributed by atoms with Crippen LogP contribution in [0.2, 0.25) is 0 Å². The zero-order valence-electron chi connectivity index (χ0n) is 7.38. The van der Waals surface area contributed by atoms with Crippen LogP contribution in [-0.4, -0.2) is 17.5 Å². The lowest BCUT2D eigenvalue weighted by atomic mass is 9.81. The summed E-state index contributed by atoms with van der Waals surface area (Å²) in [5, 5.41) is 0. The molecule has 66 valence electrons. The van der Waals surface area contributed by atoms with Gasteiger partial charge in [0.2, 0.25) is 0 Å². The zero-order chi connectivity index (χ0) is 8.10. The van der Waals surface area contributed by atoms with Crippen molar-refractivity contribution in [1.82, 2.24) is 0 Å². The van der Waals surface area contributed by atoms with E-state index >= 15 is 0 Å². The van der Waals surface area contributed by atoms with E-state index < -0.39 is 0 Å². The topological polar surface area (TPSA) is 26.0 Å². The monoisotopic (exact) mass is 173 g/mol. The molecule has 1 rings (SSSR count). The molecule has 1 fully saturated rings. The molecule has 1 atom stereocenters. The normalized spacial score (nSPS) is 21.3. The fourth-order valence-electron chi connectivity index (χ4n) is 1.37. The quantitative estimate of drug-likeness (QED) is 0.645. The number of rotatable bonds is 5. The van der Waals surface area contributed by atoms with Crippen molar-refractivity contribution in [3.8, 4) is 0 Å². The first-order chi connectivity index (χ1) is 5.34. The Morgan fingerprint density at radius 2 is 2.27 bits per heavy atom. The largest absolute Gasteiger partial charge is 0.327 e. The molecule has 0 amide bonds. The van der Waals surface area contributed by atoms with Gasteiger partial charge in [-0.1, -0.05) is 13.3 Å². The van der Waals surface area contributed by atoms with Crippen LogP contribution >= 0.6 is 11.8 Å². The van der Waals surface area contributed by atoms with Crippen molar-refractivity contribution < 1.29 is 0 Å². The van der Waals surface area contributed by atoms with Crippen molar-refractivity contribution in [2.45, 2.75) is 38.6 Å². The van der Waals surface area contributed by atoms with Crippen LogP contribution < -0.4 is 5.73 Å². The second-order valence-electron chi connectivity index (χ2n) is 3.43. The standard InChI is InChI=1S/C9H19NS/c1-2-6-11-7-9(10)8-4-3-5-8/h8-9H,2-7,10H2,1H3. The number of hydrogen-bond acceptors (Lipinski definition) is 2. The molecule has 1 unspecified atom stereocenters. The number of thioether (sulfide) groups is 1. The first-order valence-corrected chi connectivity index (χ1v) is 5.83. The van der Waals surface area contributed by atoms with E-state index in [0.717, 1.165) is 5.92 Å². The van der Waals surface area contributed by atoms with Crippen LogP contribution in [-0.2, 0) is 0 Å². The Morgan fingerprint density at radius 1 is 1.55 bits per heavy atom. The minimum Gasteiger partial charge on any atom is -0.327 e. The molecule has 2 N–H and O–H groups in total. The maximum absolute atomic E-state index is 6.00. The molecule has 11 heavy (non-hydrogen) atoms. The number of nitrogens with two attached hydrogens (primary N) is 1. The maximum atomic E-state index is 6.00. The summed E-state index contributed by atoms with van der Waals surface area (Å²) in [7, 11) is 0. The lowest BCUT2D eigenvalue weighted by molar-refractivity contribution is 0.276. The lowest BCUT2D eigenvalue weighted by Crippen LogP contribution is -2.36. The smallest absolute Gasteiger partial charge is 0.0158 e. The minimum atomic E-state index is 0.486. The minimum absolute atomic E-state index is 0.486. The Hall–Kier alpha value is 0.310. The van der Waals surface area contributed by atoms with Gasteiger partial charge in [0.1, 0.15) is 0 Å². The molecular formula is C9H19NS. The van der Waals surface area contributed by atoms with E-state index in [-0.39, 0.29) is 0 Å². The van der Waals surface area contributed by atoms with Crippen LogP contribution in [0.15, 0.2) is 0 Å². The van der Waals surface area contributed by atoms with Gasteiger partial charge in [-0.25, -0.2) is 0 Å². The van der Waals surface area contributed by atoms with Crippen molar-refractivity contribution in [3.05, 3.63) is 0 Å². The summed E-state index contributed by atoms with van der Waals surface area (Å²) in [6.07, 6.45) is 5.46. The Morgan fingerprint density at radius 3 is 2.73 bits per heavy atom. The molecule has 0 spiro atoms. The molecule has 0 saturated heterocycles.